The summed E-state index contributed by atoms with van der Waals surface area (Å²) in [6.07, 6.45) is 2.80. The number of nitrogens with zero attached hydrogens (tertiary/aromatic N) is 1. The van der Waals surface area contributed by atoms with Crippen molar-refractivity contribution in [2.75, 3.05) is 31.6 Å². The standard InChI is InChI=1S/C24H29FN2O3/c1-18-20(25)9-5-10-21(18)26-23(28)16-27-13-12-24(11-6-14-30-24)22(15-27)29-17-19-7-3-2-4-8-19/h2-5,7-10,22H,6,11-17H2,1H3,(H,26,28)/t22-,24+/m1/s1. The van der Waals surface area contributed by atoms with Crippen LogP contribution in [0.4, 0.5) is 10.1 Å². The van der Waals surface area contributed by atoms with E-state index in [-0.39, 0.29) is 30.0 Å². The van der Waals surface area contributed by atoms with Crippen LogP contribution in [0.2, 0.25) is 0 Å². The zero-order valence-corrected chi connectivity index (χ0v) is 17.4. The molecule has 160 valence electrons. The lowest BCUT2D eigenvalue weighted by Crippen LogP contribution is -2.57. The van der Waals surface area contributed by atoms with E-state index in [2.05, 4.69) is 22.3 Å². The van der Waals surface area contributed by atoms with E-state index < -0.39 is 0 Å². The Morgan fingerprint density at radius 2 is 2.07 bits per heavy atom. The fourth-order valence-electron chi connectivity index (χ4n) is 4.43. The average molecular weight is 413 g/mol. The normalized spacial score (nSPS) is 24.3. The zero-order valence-electron chi connectivity index (χ0n) is 17.4. The van der Waals surface area contributed by atoms with Gasteiger partial charge in [0.15, 0.2) is 0 Å². The fraction of sp³-hybridized carbons (Fsp3) is 0.458. The number of ether oxygens (including phenoxy) is 2. The van der Waals surface area contributed by atoms with E-state index in [0.717, 1.165) is 38.0 Å². The lowest BCUT2D eigenvalue weighted by molar-refractivity contribution is -0.159. The molecule has 0 aliphatic carbocycles. The summed E-state index contributed by atoms with van der Waals surface area (Å²) in [6.45, 7) is 4.63. The number of nitrogens with one attached hydrogen (secondary N) is 1. The quantitative estimate of drug-likeness (QED) is 0.782. The Bertz CT molecular complexity index is 868. The van der Waals surface area contributed by atoms with E-state index in [4.69, 9.17) is 9.47 Å². The molecule has 4 rings (SSSR count). The second-order valence-electron chi connectivity index (χ2n) is 8.25. The predicted molar refractivity (Wildman–Crippen MR) is 114 cm³/mol. The molecule has 0 aromatic heterocycles. The molecule has 0 radical (unpaired) electrons. The van der Waals surface area contributed by atoms with Gasteiger partial charge in [0.1, 0.15) is 5.82 Å². The molecule has 1 spiro atoms. The zero-order chi connectivity index (χ0) is 21.0. The van der Waals surface area contributed by atoms with E-state index in [1.54, 1.807) is 19.1 Å². The Balaban J connectivity index is 1.38. The summed E-state index contributed by atoms with van der Waals surface area (Å²) in [4.78, 5) is 14.7. The average Bonchev–Trinajstić information content (AvgIpc) is 3.22. The molecule has 2 saturated heterocycles. The first kappa shape index (κ1) is 21.0. The fourth-order valence-corrected chi connectivity index (χ4v) is 4.43. The van der Waals surface area contributed by atoms with Crippen LogP contribution in [0, 0.1) is 12.7 Å². The number of halogens is 1. The minimum atomic E-state index is -0.319. The summed E-state index contributed by atoms with van der Waals surface area (Å²) in [7, 11) is 0. The summed E-state index contributed by atoms with van der Waals surface area (Å²) in [5.41, 5.74) is 1.85. The number of hydrogen-bond acceptors (Lipinski definition) is 4. The minimum absolute atomic E-state index is 0.0855. The van der Waals surface area contributed by atoms with Crippen molar-refractivity contribution in [1.29, 1.82) is 0 Å². The second kappa shape index (κ2) is 9.25. The van der Waals surface area contributed by atoms with Gasteiger partial charge in [-0.25, -0.2) is 4.39 Å². The highest BCUT2D eigenvalue weighted by Gasteiger charge is 2.47. The molecule has 2 aromatic carbocycles. The number of anilines is 1. The Morgan fingerprint density at radius 1 is 1.23 bits per heavy atom. The molecule has 30 heavy (non-hydrogen) atoms. The molecule has 2 aliphatic rings. The minimum Gasteiger partial charge on any atom is -0.372 e. The Morgan fingerprint density at radius 3 is 2.83 bits per heavy atom. The summed E-state index contributed by atoms with van der Waals surface area (Å²) < 4.78 is 26.2. The Kier molecular flexibility index (Phi) is 6.46. The highest BCUT2D eigenvalue weighted by molar-refractivity contribution is 5.93. The molecule has 0 bridgehead atoms. The van der Waals surface area contributed by atoms with Crippen LogP contribution in [0.5, 0.6) is 0 Å². The van der Waals surface area contributed by atoms with Gasteiger partial charge < -0.3 is 14.8 Å². The van der Waals surface area contributed by atoms with Crippen molar-refractivity contribution in [2.45, 2.75) is 44.5 Å². The van der Waals surface area contributed by atoms with Gasteiger partial charge in [-0.3, -0.25) is 9.69 Å². The molecule has 5 nitrogen and oxygen atoms in total. The summed E-state index contributed by atoms with van der Waals surface area (Å²) >= 11 is 0. The van der Waals surface area contributed by atoms with E-state index in [0.29, 0.717) is 24.4 Å². The number of rotatable bonds is 6. The van der Waals surface area contributed by atoms with E-state index in [9.17, 15) is 9.18 Å². The molecule has 2 aromatic rings. The smallest absolute Gasteiger partial charge is 0.238 e. The van der Waals surface area contributed by atoms with E-state index in [1.165, 1.54) is 6.07 Å². The Hall–Kier alpha value is -2.28. The molecule has 6 heteroatoms. The van der Waals surface area contributed by atoms with Gasteiger partial charge in [-0.15, -0.1) is 0 Å². The number of benzene rings is 2. The molecular formula is C24H29FN2O3. The van der Waals surface area contributed by atoms with Gasteiger partial charge >= 0.3 is 0 Å². The first-order valence-electron chi connectivity index (χ1n) is 10.6. The Labute approximate surface area is 177 Å². The van der Waals surface area contributed by atoms with Crippen molar-refractivity contribution in [3.63, 3.8) is 0 Å². The molecule has 2 heterocycles. The lowest BCUT2D eigenvalue weighted by Gasteiger charge is -2.44. The predicted octanol–water partition coefficient (Wildman–Crippen LogP) is 3.91. The van der Waals surface area contributed by atoms with Gasteiger partial charge in [-0.1, -0.05) is 36.4 Å². The third kappa shape index (κ3) is 4.72. The van der Waals surface area contributed by atoms with Gasteiger partial charge in [0.25, 0.3) is 0 Å². The number of carbonyl (C=O) groups excluding carboxylic acids is 1. The van der Waals surface area contributed by atoms with Crippen molar-refractivity contribution in [2.24, 2.45) is 0 Å². The maximum absolute atomic E-state index is 13.7. The summed E-state index contributed by atoms with van der Waals surface area (Å²) in [5.74, 6) is -0.464. The lowest BCUT2D eigenvalue weighted by atomic mass is 9.85. The van der Waals surface area contributed by atoms with Crippen molar-refractivity contribution >= 4 is 11.6 Å². The van der Waals surface area contributed by atoms with Crippen LogP contribution in [-0.2, 0) is 20.9 Å². The largest absolute Gasteiger partial charge is 0.372 e. The van der Waals surface area contributed by atoms with Crippen molar-refractivity contribution in [3.8, 4) is 0 Å². The van der Waals surface area contributed by atoms with E-state index >= 15 is 0 Å². The van der Waals surface area contributed by atoms with Crippen molar-refractivity contribution in [3.05, 3.63) is 65.5 Å². The first-order valence-corrected chi connectivity index (χ1v) is 10.6. The van der Waals surface area contributed by atoms with Gasteiger partial charge in [-0.2, -0.15) is 0 Å². The van der Waals surface area contributed by atoms with Crippen molar-refractivity contribution < 1.29 is 18.7 Å². The third-order valence-electron chi connectivity index (χ3n) is 6.20. The van der Waals surface area contributed by atoms with Crippen LogP contribution in [0.15, 0.2) is 48.5 Å². The molecular weight excluding hydrogens is 383 g/mol. The SMILES string of the molecule is Cc1c(F)cccc1NC(=O)CN1CC[C@@]2(CCCO2)[C@H](OCc2ccccc2)C1. The molecule has 0 unspecified atom stereocenters. The third-order valence-corrected chi connectivity index (χ3v) is 6.20. The highest BCUT2D eigenvalue weighted by Crippen LogP contribution is 2.38. The topological polar surface area (TPSA) is 50.8 Å². The summed E-state index contributed by atoms with van der Waals surface area (Å²) in [6, 6.07) is 14.8. The molecule has 2 atom stereocenters. The number of carbonyl (C=O) groups is 1. The van der Waals surface area contributed by atoms with Crippen LogP contribution < -0.4 is 5.32 Å². The van der Waals surface area contributed by atoms with Gasteiger partial charge in [0.05, 0.1) is 24.9 Å². The maximum atomic E-state index is 13.7. The summed E-state index contributed by atoms with van der Waals surface area (Å²) in [5, 5.41) is 2.84. The van der Waals surface area contributed by atoms with Crippen LogP contribution in [0.25, 0.3) is 0 Å². The van der Waals surface area contributed by atoms with Gasteiger partial charge in [0, 0.05) is 30.9 Å². The second-order valence-corrected chi connectivity index (χ2v) is 8.25. The molecule has 2 fully saturated rings. The molecule has 1 N–H and O–H groups in total. The number of amides is 1. The van der Waals surface area contributed by atoms with E-state index in [1.807, 2.05) is 18.2 Å². The maximum Gasteiger partial charge on any atom is 0.238 e. The number of likely N-dealkylation sites (tertiary alicyclic amines) is 1. The van der Waals surface area contributed by atoms with Gasteiger partial charge in [0.2, 0.25) is 5.91 Å². The highest BCUT2D eigenvalue weighted by atomic mass is 19.1. The first-order chi connectivity index (χ1) is 14.6. The van der Waals surface area contributed by atoms with Crippen molar-refractivity contribution in [1.82, 2.24) is 4.90 Å². The van der Waals surface area contributed by atoms with Gasteiger partial charge in [-0.05, 0) is 43.9 Å². The molecule has 0 saturated carbocycles. The van der Waals surface area contributed by atoms with Crippen LogP contribution >= 0.6 is 0 Å². The number of hydrogen-bond donors (Lipinski definition) is 1. The van der Waals surface area contributed by atoms with Crippen LogP contribution in [-0.4, -0.2) is 48.8 Å². The monoisotopic (exact) mass is 412 g/mol. The van der Waals surface area contributed by atoms with Crippen LogP contribution in [0.1, 0.15) is 30.4 Å². The van der Waals surface area contributed by atoms with Crippen LogP contribution in [0.3, 0.4) is 0 Å². The molecule has 2 aliphatic heterocycles. The molecule has 1 amide bonds. The number of piperidine rings is 1.